The summed E-state index contributed by atoms with van der Waals surface area (Å²) in [6, 6.07) is 6.14. The zero-order chi connectivity index (χ0) is 20.4. The Morgan fingerprint density at radius 3 is 2.52 bits per heavy atom. The van der Waals surface area contributed by atoms with Gasteiger partial charge < -0.3 is 10.4 Å². The number of fused-ring (bicyclic) bond motifs is 1. The third kappa shape index (κ3) is 4.44. The monoisotopic (exact) mass is 421 g/mol. The number of nitrogens with one attached hydrogen (secondary N) is 1. The van der Waals surface area contributed by atoms with E-state index in [0.717, 1.165) is 57.3 Å². The van der Waals surface area contributed by atoms with Crippen LogP contribution in [0.2, 0.25) is 0 Å². The molecule has 1 aliphatic carbocycles. The van der Waals surface area contributed by atoms with Crippen molar-refractivity contribution in [1.29, 1.82) is 0 Å². The van der Waals surface area contributed by atoms with E-state index < -0.39 is 16.2 Å². The van der Waals surface area contributed by atoms with Gasteiger partial charge in [-0.3, -0.25) is 9.10 Å². The summed E-state index contributed by atoms with van der Waals surface area (Å²) in [7, 11) is -3.50. The van der Waals surface area contributed by atoms with Crippen LogP contribution in [0.15, 0.2) is 18.2 Å². The highest BCUT2D eigenvalue weighted by Gasteiger charge is 2.42. The van der Waals surface area contributed by atoms with Crippen LogP contribution < -0.4 is 9.62 Å². The van der Waals surface area contributed by atoms with Crippen molar-refractivity contribution in [2.24, 2.45) is 5.92 Å². The Morgan fingerprint density at radius 1 is 1.07 bits per heavy atom. The molecule has 2 N–H and O–H groups in total. The van der Waals surface area contributed by atoms with Gasteiger partial charge in [0.25, 0.3) is 0 Å². The number of hydrogen-bond donors (Lipinski definition) is 2. The van der Waals surface area contributed by atoms with Crippen LogP contribution in [0.25, 0.3) is 0 Å². The second kappa shape index (κ2) is 8.62. The molecule has 1 saturated carbocycles. The summed E-state index contributed by atoms with van der Waals surface area (Å²) in [5.74, 6) is -0.344. The molecule has 160 valence electrons. The average Bonchev–Trinajstić information content (AvgIpc) is 2.87. The van der Waals surface area contributed by atoms with Crippen LogP contribution in [-0.4, -0.2) is 56.0 Å². The molecular formula is C21H31N3O4S. The van der Waals surface area contributed by atoms with E-state index in [1.807, 2.05) is 6.07 Å². The maximum Gasteiger partial charge on any atom is 0.304 e. The lowest BCUT2D eigenvalue weighted by molar-refractivity contribution is -0.137. The summed E-state index contributed by atoms with van der Waals surface area (Å²) in [6.45, 7) is 2.93. The Hall–Kier alpha value is -1.64. The minimum absolute atomic E-state index is 0.0381. The predicted octanol–water partition coefficient (Wildman–Crippen LogP) is 2.17. The maximum absolute atomic E-state index is 13.3. The normalized spacial score (nSPS) is 27.4. The lowest BCUT2D eigenvalue weighted by Gasteiger charge is -2.33. The molecule has 0 atom stereocenters. The van der Waals surface area contributed by atoms with Crippen molar-refractivity contribution in [2.45, 2.75) is 57.4 Å². The quantitative estimate of drug-likeness (QED) is 0.761. The number of rotatable bonds is 5. The highest BCUT2D eigenvalue weighted by molar-refractivity contribution is 7.90. The van der Waals surface area contributed by atoms with E-state index in [-0.39, 0.29) is 12.5 Å². The number of carboxylic acids is 1. The molecular weight excluding hydrogens is 390 g/mol. The first-order valence-electron chi connectivity index (χ1n) is 10.8. The summed E-state index contributed by atoms with van der Waals surface area (Å²) in [4.78, 5) is 10.8. The van der Waals surface area contributed by atoms with Gasteiger partial charge in [0.1, 0.15) is 0 Å². The molecule has 4 rings (SSSR count). The molecule has 0 radical (unpaired) electrons. The molecule has 8 heteroatoms. The summed E-state index contributed by atoms with van der Waals surface area (Å²) in [5, 5.41) is 12.3. The summed E-state index contributed by atoms with van der Waals surface area (Å²) < 4.78 is 29.8. The van der Waals surface area contributed by atoms with Crippen LogP contribution in [0.1, 0.15) is 49.7 Å². The fourth-order valence-electron chi connectivity index (χ4n) is 5.04. The van der Waals surface area contributed by atoms with Gasteiger partial charge in [-0.2, -0.15) is 12.7 Å². The van der Waals surface area contributed by atoms with Crippen molar-refractivity contribution >= 4 is 21.9 Å². The van der Waals surface area contributed by atoms with Crippen LogP contribution in [0.5, 0.6) is 0 Å². The van der Waals surface area contributed by atoms with E-state index in [4.69, 9.17) is 5.11 Å². The number of carbonyl (C=O) groups is 1. The molecule has 3 aliphatic rings. The number of anilines is 1. The molecule has 0 bridgehead atoms. The van der Waals surface area contributed by atoms with Crippen molar-refractivity contribution in [2.75, 3.05) is 30.5 Å². The average molecular weight is 422 g/mol. The fraction of sp³-hybridized carbons (Fsp3) is 0.667. The Balaban J connectivity index is 1.43. The Bertz CT molecular complexity index is 849. The molecule has 1 aromatic rings. The molecule has 7 nitrogen and oxygen atoms in total. The Morgan fingerprint density at radius 2 is 1.79 bits per heavy atom. The van der Waals surface area contributed by atoms with E-state index in [2.05, 4.69) is 17.4 Å². The molecule has 0 unspecified atom stereocenters. The first kappa shape index (κ1) is 20.6. The number of carboxylic acid groups (broad SMARTS) is 1. The smallest absolute Gasteiger partial charge is 0.304 e. The van der Waals surface area contributed by atoms with Crippen molar-refractivity contribution in [3.8, 4) is 0 Å². The van der Waals surface area contributed by atoms with Crippen molar-refractivity contribution in [3.05, 3.63) is 29.3 Å². The number of nitrogens with zero attached hydrogens (tertiary/aromatic N) is 2. The minimum atomic E-state index is -3.50. The van der Waals surface area contributed by atoms with Gasteiger partial charge in [-0.25, -0.2) is 0 Å². The Labute approximate surface area is 173 Å². The standard InChI is InChI=1S/C21H31N3O4S/c25-21(26)8-3-16-1-5-19(6-2-16)23-13-14-24(29(23,27)28)20-7-4-17-9-11-22-12-10-18(17)15-20/h4,7,15-16,19,22H,1-3,5-6,8-14H2,(H,25,26). The maximum atomic E-state index is 13.3. The first-order valence-corrected chi connectivity index (χ1v) is 12.2. The van der Waals surface area contributed by atoms with Gasteiger partial charge in [0, 0.05) is 25.6 Å². The molecule has 0 spiro atoms. The third-order valence-electron chi connectivity index (χ3n) is 6.71. The topological polar surface area (TPSA) is 89.9 Å². The van der Waals surface area contributed by atoms with Crippen LogP contribution >= 0.6 is 0 Å². The summed E-state index contributed by atoms with van der Waals surface area (Å²) >= 11 is 0. The van der Waals surface area contributed by atoms with Gasteiger partial charge in [0.2, 0.25) is 0 Å². The molecule has 2 fully saturated rings. The molecule has 0 amide bonds. The highest BCUT2D eigenvalue weighted by atomic mass is 32.2. The van der Waals surface area contributed by atoms with Gasteiger partial charge in [0.15, 0.2) is 0 Å². The second-order valence-corrected chi connectivity index (χ2v) is 10.3. The van der Waals surface area contributed by atoms with Gasteiger partial charge in [-0.05, 0) is 87.2 Å². The van der Waals surface area contributed by atoms with Crippen molar-refractivity contribution in [1.82, 2.24) is 9.62 Å². The molecule has 29 heavy (non-hydrogen) atoms. The van der Waals surface area contributed by atoms with Gasteiger partial charge in [-0.15, -0.1) is 0 Å². The summed E-state index contributed by atoms with van der Waals surface area (Å²) in [6.07, 6.45) is 6.30. The van der Waals surface area contributed by atoms with Crippen LogP contribution in [0.4, 0.5) is 5.69 Å². The van der Waals surface area contributed by atoms with Gasteiger partial charge in [-0.1, -0.05) is 6.07 Å². The first-order chi connectivity index (χ1) is 13.9. The molecule has 1 aromatic carbocycles. The summed E-state index contributed by atoms with van der Waals surface area (Å²) in [5.41, 5.74) is 3.34. The number of hydrogen-bond acceptors (Lipinski definition) is 4. The van der Waals surface area contributed by atoms with E-state index in [1.54, 1.807) is 8.61 Å². The number of aliphatic carboxylic acids is 1. The Kier molecular flexibility index (Phi) is 6.13. The van der Waals surface area contributed by atoms with Crippen LogP contribution in [-0.2, 0) is 27.8 Å². The largest absolute Gasteiger partial charge is 0.481 e. The van der Waals surface area contributed by atoms with E-state index in [0.29, 0.717) is 25.4 Å². The third-order valence-corrected chi connectivity index (χ3v) is 8.73. The van der Waals surface area contributed by atoms with E-state index in [9.17, 15) is 13.2 Å². The fourth-order valence-corrected chi connectivity index (χ4v) is 6.89. The molecule has 2 heterocycles. The predicted molar refractivity (Wildman–Crippen MR) is 112 cm³/mol. The zero-order valence-electron chi connectivity index (χ0n) is 16.8. The van der Waals surface area contributed by atoms with Crippen molar-refractivity contribution in [3.63, 3.8) is 0 Å². The van der Waals surface area contributed by atoms with Crippen LogP contribution in [0, 0.1) is 5.92 Å². The molecule has 1 saturated heterocycles. The zero-order valence-corrected chi connectivity index (χ0v) is 17.7. The second-order valence-electron chi connectivity index (χ2n) is 8.50. The lowest BCUT2D eigenvalue weighted by Crippen LogP contribution is -2.42. The number of benzene rings is 1. The van der Waals surface area contributed by atoms with E-state index >= 15 is 0 Å². The van der Waals surface area contributed by atoms with Crippen molar-refractivity contribution < 1.29 is 18.3 Å². The van der Waals surface area contributed by atoms with Gasteiger partial charge in [0.05, 0.1) is 5.69 Å². The van der Waals surface area contributed by atoms with E-state index in [1.165, 1.54) is 11.1 Å². The van der Waals surface area contributed by atoms with Gasteiger partial charge >= 0.3 is 16.2 Å². The lowest BCUT2D eigenvalue weighted by atomic mass is 9.83. The minimum Gasteiger partial charge on any atom is -0.481 e. The molecule has 0 aromatic heterocycles. The SMILES string of the molecule is O=C(O)CCC1CCC(N2CCN(c3ccc4c(c3)CCNCC4)S2(=O)=O)CC1. The molecule has 2 aliphatic heterocycles. The van der Waals surface area contributed by atoms with Crippen LogP contribution in [0.3, 0.4) is 0 Å². The highest BCUT2D eigenvalue weighted by Crippen LogP contribution is 2.35.